The van der Waals surface area contributed by atoms with Crippen molar-refractivity contribution in [2.75, 3.05) is 7.05 Å². The monoisotopic (exact) mass is 94.0 g/mol. The Hall–Kier alpha value is 0.0700. The summed E-state index contributed by atoms with van der Waals surface area (Å²) in [4.78, 5) is 0. The van der Waals surface area contributed by atoms with E-state index in [0.717, 1.165) is 0 Å². The fourth-order valence-electron chi connectivity index (χ4n) is 0. The Morgan fingerprint density at radius 2 is 2.20 bits per heavy atom. The Labute approximate surface area is 32.8 Å². The van der Waals surface area contributed by atoms with Crippen LogP contribution in [0.2, 0.25) is 0 Å². The molecule has 0 aromatic rings. The standard InChI is InChI=1S/CH5NO2S/c1-2-5(3)4/h2H,1H3,(H,3,4)/p-1. The third-order valence-corrected chi connectivity index (χ3v) is 0.500. The lowest BCUT2D eigenvalue weighted by Gasteiger charge is -1.95. The van der Waals surface area contributed by atoms with Crippen molar-refractivity contribution in [2.45, 2.75) is 0 Å². The number of rotatable bonds is 1. The van der Waals surface area contributed by atoms with Crippen LogP contribution in [-0.2, 0) is 11.3 Å². The Morgan fingerprint density at radius 3 is 2.20 bits per heavy atom. The average molecular weight is 94.1 g/mol. The zero-order valence-corrected chi connectivity index (χ0v) is 3.54. The van der Waals surface area contributed by atoms with Crippen LogP contribution in [-0.4, -0.2) is 15.8 Å². The molecule has 0 aromatic heterocycles. The Balaban J connectivity index is 2.85. The van der Waals surface area contributed by atoms with Crippen LogP contribution in [0, 0.1) is 0 Å². The van der Waals surface area contributed by atoms with E-state index >= 15 is 0 Å². The van der Waals surface area contributed by atoms with Crippen LogP contribution < -0.4 is 4.72 Å². The van der Waals surface area contributed by atoms with Crippen molar-refractivity contribution in [1.29, 1.82) is 0 Å². The van der Waals surface area contributed by atoms with Crippen molar-refractivity contribution in [3.05, 3.63) is 0 Å². The minimum Gasteiger partial charge on any atom is -0.760 e. The molecule has 0 aromatic carbocycles. The van der Waals surface area contributed by atoms with Crippen LogP contribution in [0.5, 0.6) is 0 Å². The molecule has 0 fully saturated rings. The molecule has 1 unspecified atom stereocenters. The fourth-order valence-corrected chi connectivity index (χ4v) is 0. The quantitative estimate of drug-likeness (QED) is 0.424. The average Bonchev–Trinajstić information content (AvgIpc) is 1.38. The SMILES string of the molecule is CNS(=O)[O-]. The first kappa shape index (κ1) is 5.07. The van der Waals surface area contributed by atoms with Gasteiger partial charge in [-0.2, -0.15) is 0 Å². The summed E-state index contributed by atoms with van der Waals surface area (Å²) in [6, 6.07) is 0. The van der Waals surface area contributed by atoms with Gasteiger partial charge in [-0.25, -0.2) is 0 Å². The van der Waals surface area contributed by atoms with Gasteiger partial charge in [0, 0.05) is 11.3 Å². The molecule has 0 spiro atoms. The summed E-state index contributed by atoms with van der Waals surface area (Å²) in [7, 11) is 1.34. The van der Waals surface area contributed by atoms with E-state index < -0.39 is 11.3 Å². The van der Waals surface area contributed by atoms with Crippen LogP contribution in [0.4, 0.5) is 0 Å². The minimum atomic E-state index is -2.07. The van der Waals surface area contributed by atoms with Crippen LogP contribution in [0.1, 0.15) is 0 Å². The summed E-state index contributed by atoms with van der Waals surface area (Å²) in [6.45, 7) is 0. The highest BCUT2D eigenvalue weighted by Crippen LogP contribution is 1.47. The molecule has 4 heteroatoms. The van der Waals surface area contributed by atoms with E-state index in [1.165, 1.54) is 7.05 Å². The molecule has 0 aliphatic rings. The van der Waals surface area contributed by atoms with Crippen molar-refractivity contribution in [2.24, 2.45) is 0 Å². The van der Waals surface area contributed by atoms with Gasteiger partial charge in [0.05, 0.1) is 0 Å². The third-order valence-electron chi connectivity index (χ3n) is 0.167. The zero-order valence-electron chi connectivity index (χ0n) is 2.72. The van der Waals surface area contributed by atoms with Gasteiger partial charge in [0.15, 0.2) is 0 Å². The maximum atomic E-state index is 9.26. The van der Waals surface area contributed by atoms with Gasteiger partial charge in [0.25, 0.3) is 0 Å². The molecule has 0 rings (SSSR count). The molecule has 0 aliphatic heterocycles. The van der Waals surface area contributed by atoms with Crippen molar-refractivity contribution >= 4 is 11.3 Å². The molecule has 32 valence electrons. The molecule has 0 radical (unpaired) electrons. The van der Waals surface area contributed by atoms with Crippen molar-refractivity contribution in [3.63, 3.8) is 0 Å². The predicted octanol–water partition coefficient (Wildman–Crippen LogP) is -1.00. The van der Waals surface area contributed by atoms with Crippen molar-refractivity contribution < 1.29 is 8.76 Å². The summed E-state index contributed by atoms with van der Waals surface area (Å²) in [5.41, 5.74) is 0. The van der Waals surface area contributed by atoms with E-state index in [1.54, 1.807) is 0 Å². The van der Waals surface area contributed by atoms with E-state index in [4.69, 9.17) is 0 Å². The maximum Gasteiger partial charge on any atom is 0.0178 e. The molecule has 0 heterocycles. The predicted molar refractivity (Wildman–Crippen MR) is 18.0 cm³/mol. The Morgan fingerprint density at radius 1 is 2.00 bits per heavy atom. The zero-order chi connectivity index (χ0) is 4.28. The highest BCUT2D eigenvalue weighted by atomic mass is 32.2. The van der Waals surface area contributed by atoms with E-state index in [9.17, 15) is 8.76 Å². The summed E-state index contributed by atoms with van der Waals surface area (Å²) < 4.78 is 20.5. The van der Waals surface area contributed by atoms with E-state index in [0.29, 0.717) is 0 Å². The second kappa shape index (κ2) is 2.32. The topological polar surface area (TPSA) is 52.2 Å². The number of nitrogens with one attached hydrogen (secondary N) is 1. The molecule has 0 amide bonds. The third kappa shape index (κ3) is 4.07. The lowest BCUT2D eigenvalue weighted by atomic mass is 11.6. The van der Waals surface area contributed by atoms with Gasteiger partial charge >= 0.3 is 0 Å². The van der Waals surface area contributed by atoms with Crippen molar-refractivity contribution in [1.82, 2.24) is 4.72 Å². The molecule has 5 heavy (non-hydrogen) atoms. The van der Waals surface area contributed by atoms with Crippen LogP contribution >= 0.6 is 0 Å². The minimum absolute atomic E-state index is 1.34. The fraction of sp³-hybridized carbons (Fsp3) is 1.00. The van der Waals surface area contributed by atoms with E-state index in [-0.39, 0.29) is 0 Å². The van der Waals surface area contributed by atoms with Gasteiger partial charge in [0.2, 0.25) is 0 Å². The molecule has 0 saturated heterocycles. The molecule has 0 aliphatic carbocycles. The summed E-state index contributed by atoms with van der Waals surface area (Å²) in [5.74, 6) is 0. The van der Waals surface area contributed by atoms with E-state index in [1.807, 2.05) is 4.72 Å². The molecular formula is CH4NO2S-. The normalized spacial score (nSPS) is 14.8. The summed E-state index contributed by atoms with van der Waals surface area (Å²) in [6.07, 6.45) is 0. The second-order valence-electron chi connectivity index (χ2n) is 0.439. The largest absolute Gasteiger partial charge is 0.760 e. The van der Waals surface area contributed by atoms with Gasteiger partial charge in [-0.05, 0) is 7.05 Å². The summed E-state index contributed by atoms with van der Waals surface area (Å²) in [5, 5.41) is 0. The van der Waals surface area contributed by atoms with Crippen molar-refractivity contribution in [3.8, 4) is 0 Å². The first-order chi connectivity index (χ1) is 2.27. The van der Waals surface area contributed by atoms with Gasteiger partial charge in [-0.15, -0.1) is 0 Å². The van der Waals surface area contributed by atoms with Gasteiger partial charge in [-0.1, -0.05) is 0 Å². The molecular weight excluding hydrogens is 90.1 g/mol. The van der Waals surface area contributed by atoms with Crippen LogP contribution in [0.3, 0.4) is 0 Å². The van der Waals surface area contributed by atoms with Gasteiger partial charge in [-0.3, -0.25) is 8.93 Å². The lowest BCUT2D eigenvalue weighted by Crippen LogP contribution is -2.07. The second-order valence-corrected chi connectivity index (χ2v) is 1.32. The molecule has 3 nitrogen and oxygen atoms in total. The molecule has 0 saturated carbocycles. The van der Waals surface area contributed by atoms with Crippen LogP contribution in [0.25, 0.3) is 0 Å². The van der Waals surface area contributed by atoms with Crippen LogP contribution in [0.15, 0.2) is 0 Å². The lowest BCUT2D eigenvalue weighted by molar-refractivity contribution is 0.529. The maximum absolute atomic E-state index is 9.26. The summed E-state index contributed by atoms with van der Waals surface area (Å²) >= 11 is -2.07. The van der Waals surface area contributed by atoms with Gasteiger partial charge < -0.3 is 4.55 Å². The number of hydrogen-bond donors (Lipinski definition) is 1. The Kier molecular flexibility index (Phi) is 2.35. The number of hydrogen-bond acceptors (Lipinski definition) is 2. The van der Waals surface area contributed by atoms with Gasteiger partial charge in [0.1, 0.15) is 0 Å². The molecule has 0 bridgehead atoms. The molecule has 1 atom stereocenters. The van der Waals surface area contributed by atoms with E-state index in [2.05, 4.69) is 0 Å². The Bertz CT molecular complexity index is 44.9. The highest BCUT2D eigenvalue weighted by Gasteiger charge is 1.57. The molecule has 1 N–H and O–H groups in total. The smallest absolute Gasteiger partial charge is 0.0178 e. The first-order valence-electron chi connectivity index (χ1n) is 1.04. The first-order valence-corrected chi connectivity index (χ1v) is 2.11. The highest BCUT2D eigenvalue weighted by molar-refractivity contribution is 7.77.